The first-order valence-electron chi connectivity index (χ1n) is 8.99. The molecule has 0 atom stereocenters. The summed E-state index contributed by atoms with van der Waals surface area (Å²) in [4.78, 5) is 26.9. The SMILES string of the molecule is O=C(CN1CC2(CC2)c2cc(Br)ccc2C1=O)Nc1nn2ccccc2c1F. The Bertz CT molecular complexity index is 1140. The third-order valence-electron chi connectivity index (χ3n) is 5.49. The van der Waals surface area contributed by atoms with E-state index in [1.165, 1.54) is 4.52 Å². The molecule has 1 fully saturated rings. The number of benzene rings is 1. The van der Waals surface area contributed by atoms with Crippen LogP contribution in [0.4, 0.5) is 10.2 Å². The van der Waals surface area contributed by atoms with E-state index in [1.807, 2.05) is 12.1 Å². The molecule has 0 bridgehead atoms. The molecule has 1 N–H and O–H groups in total. The van der Waals surface area contributed by atoms with Gasteiger partial charge in [0.1, 0.15) is 12.1 Å². The first-order valence-corrected chi connectivity index (χ1v) is 9.78. The summed E-state index contributed by atoms with van der Waals surface area (Å²) in [6.45, 7) is 0.361. The Hall–Kier alpha value is -2.74. The predicted molar refractivity (Wildman–Crippen MR) is 105 cm³/mol. The quantitative estimate of drug-likeness (QED) is 0.675. The highest BCUT2D eigenvalue weighted by atomic mass is 79.9. The van der Waals surface area contributed by atoms with Gasteiger partial charge in [-0.1, -0.05) is 22.0 Å². The number of nitrogens with zero attached hydrogens (tertiary/aromatic N) is 3. The van der Waals surface area contributed by atoms with Gasteiger partial charge in [0, 0.05) is 28.2 Å². The minimum atomic E-state index is -0.590. The van der Waals surface area contributed by atoms with Crippen LogP contribution < -0.4 is 5.32 Å². The van der Waals surface area contributed by atoms with Gasteiger partial charge in [0.2, 0.25) is 5.91 Å². The van der Waals surface area contributed by atoms with Gasteiger partial charge in [-0.2, -0.15) is 0 Å². The van der Waals surface area contributed by atoms with E-state index in [-0.39, 0.29) is 29.2 Å². The maximum absolute atomic E-state index is 14.4. The average molecular weight is 443 g/mol. The highest BCUT2D eigenvalue weighted by Gasteiger charge is 2.51. The highest BCUT2D eigenvalue weighted by Crippen LogP contribution is 2.52. The maximum Gasteiger partial charge on any atom is 0.254 e. The molecule has 6 nitrogen and oxygen atoms in total. The van der Waals surface area contributed by atoms with Crippen LogP contribution in [0.25, 0.3) is 5.52 Å². The zero-order valence-electron chi connectivity index (χ0n) is 14.8. The summed E-state index contributed by atoms with van der Waals surface area (Å²) < 4.78 is 16.7. The summed E-state index contributed by atoms with van der Waals surface area (Å²) in [5.74, 6) is -1.36. The van der Waals surface area contributed by atoms with Crippen LogP contribution in [0.15, 0.2) is 47.1 Å². The highest BCUT2D eigenvalue weighted by molar-refractivity contribution is 9.10. The van der Waals surface area contributed by atoms with Crippen LogP contribution in [0.1, 0.15) is 28.8 Å². The Labute approximate surface area is 168 Å². The number of hydrogen-bond acceptors (Lipinski definition) is 3. The van der Waals surface area contributed by atoms with E-state index in [9.17, 15) is 14.0 Å². The van der Waals surface area contributed by atoms with Crippen molar-refractivity contribution in [1.82, 2.24) is 14.5 Å². The van der Waals surface area contributed by atoms with E-state index >= 15 is 0 Å². The molecule has 0 unspecified atom stereocenters. The largest absolute Gasteiger partial charge is 0.328 e. The Morgan fingerprint density at radius 3 is 2.86 bits per heavy atom. The lowest BCUT2D eigenvalue weighted by Gasteiger charge is -2.34. The Balaban J connectivity index is 1.37. The summed E-state index contributed by atoms with van der Waals surface area (Å²) in [7, 11) is 0. The number of pyridine rings is 1. The molecule has 0 saturated heterocycles. The Morgan fingerprint density at radius 1 is 1.29 bits per heavy atom. The first kappa shape index (κ1) is 17.4. The topological polar surface area (TPSA) is 66.7 Å². The van der Waals surface area contributed by atoms with Crippen molar-refractivity contribution in [2.75, 3.05) is 18.4 Å². The molecular weight excluding hydrogens is 427 g/mol. The third-order valence-corrected chi connectivity index (χ3v) is 5.98. The van der Waals surface area contributed by atoms with Gasteiger partial charge in [-0.3, -0.25) is 9.59 Å². The zero-order chi connectivity index (χ0) is 19.5. The monoisotopic (exact) mass is 442 g/mol. The maximum atomic E-state index is 14.4. The van der Waals surface area contributed by atoms with Crippen molar-refractivity contribution in [2.45, 2.75) is 18.3 Å². The van der Waals surface area contributed by atoms with Gasteiger partial charge in [0.25, 0.3) is 5.91 Å². The average Bonchev–Trinajstić information content (AvgIpc) is 3.39. The number of amides is 2. The Kier molecular flexibility index (Phi) is 3.80. The number of rotatable bonds is 3. The van der Waals surface area contributed by atoms with Gasteiger partial charge < -0.3 is 10.2 Å². The number of nitrogens with one attached hydrogen (secondary N) is 1. The standard InChI is InChI=1S/C20H16BrFN4O2/c21-12-4-5-13-14(9-12)20(6-7-20)11-25(19(13)28)10-16(27)23-18-17(22)15-3-1-2-8-26(15)24-18/h1-5,8-9H,6-7,10-11H2,(H,23,24,27). The molecule has 2 aromatic heterocycles. The predicted octanol–water partition coefficient (Wildman–Crippen LogP) is 3.36. The van der Waals surface area contributed by atoms with Gasteiger partial charge in [-0.05, 0) is 48.7 Å². The molecule has 5 rings (SSSR count). The molecular formula is C20H16BrFN4O2. The molecule has 1 saturated carbocycles. The van der Waals surface area contributed by atoms with E-state index in [1.54, 1.807) is 35.4 Å². The van der Waals surface area contributed by atoms with E-state index in [0.717, 1.165) is 22.9 Å². The lowest BCUT2D eigenvalue weighted by Crippen LogP contribution is -2.46. The van der Waals surface area contributed by atoms with Gasteiger partial charge >= 0.3 is 0 Å². The molecule has 3 aromatic rings. The molecule has 1 aliphatic carbocycles. The fourth-order valence-corrected chi connectivity index (χ4v) is 4.29. The summed E-state index contributed by atoms with van der Waals surface area (Å²) in [6, 6.07) is 10.6. The molecule has 2 aliphatic rings. The van der Waals surface area contributed by atoms with E-state index in [4.69, 9.17) is 0 Å². The summed E-state index contributed by atoms with van der Waals surface area (Å²) in [5, 5.41) is 6.55. The van der Waals surface area contributed by atoms with Crippen LogP contribution in [0.5, 0.6) is 0 Å². The Morgan fingerprint density at radius 2 is 2.11 bits per heavy atom. The van der Waals surface area contributed by atoms with Gasteiger partial charge in [0.05, 0.1) is 0 Å². The number of hydrogen-bond donors (Lipinski definition) is 1. The molecule has 1 spiro atoms. The van der Waals surface area contributed by atoms with Crippen molar-refractivity contribution in [3.05, 3.63) is 64.0 Å². The van der Waals surface area contributed by atoms with Crippen LogP contribution in [0, 0.1) is 5.82 Å². The fraction of sp³-hybridized carbons (Fsp3) is 0.250. The third kappa shape index (κ3) is 2.71. The van der Waals surface area contributed by atoms with E-state index in [0.29, 0.717) is 12.1 Å². The van der Waals surface area contributed by atoms with Crippen molar-refractivity contribution < 1.29 is 14.0 Å². The molecule has 1 aliphatic heterocycles. The molecule has 142 valence electrons. The summed E-state index contributed by atoms with van der Waals surface area (Å²) in [5.41, 5.74) is 1.90. The molecule has 3 heterocycles. The minimum Gasteiger partial charge on any atom is -0.328 e. The van der Waals surface area contributed by atoms with Crippen molar-refractivity contribution in [3.8, 4) is 0 Å². The van der Waals surface area contributed by atoms with Crippen LogP contribution in [0.3, 0.4) is 0 Å². The number of carbonyl (C=O) groups is 2. The second kappa shape index (κ2) is 6.13. The minimum absolute atomic E-state index is 0.0678. The molecule has 28 heavy (non-hydrogen) atoms. The van der Waals surface area contributed by atoms with Crippen LogP contribution in [-0.4, -0.2) is 39.4 Å². The van der Waals surface area contributed by atoms with E-state index in [2.05, 4.69) is 26.3 Å². The van der Waals surface area contributed by atoms with Gasteiger partial charge in [-0.15, -0.1) is 5.10 Å². The summed E-state index contributed by atoms with van der Waals surface area (Å²) in [6.07, 6.45) is 3.58. The normalized spacial score (nSPS) is 17.1. The second-order valence-electron chi connectivity index (χ2n) is 7.37. The lowest BCUT2D eigenvalue weighted by atomic mass is 9.86. The summed E-state index contributed by atoms with van der Waals surface area (Å²) >= 11 is 3.47. The van der Waals surface area contributed by atoms with Gasteiger partial charge in [-0.25, -0.2) is 8.91 Å². The zero-order valence-corrected chi connectivity index (χ0v) is 16.4. The van der Waals surface area contributed by atoms with Crippen molar-refractivity contribution in [1.29, 1.82) is 0 Å². The van der Waals surface area contributed by atoms with Crippen molar-refractivity contribution >= 4 is 39.1 Å². The van der Waals surface area contributed by atoms with Crippen molar-refractivity contribution in [3.63, 3.8) is 0 Å². The smallest absolute Gasteiger partial charge is 0.254 e. The number of carbonyl (C=O) groups excluding carboxylic acids is 2. The first-order chi connectivity index (χ1) is 13.5. The lowest BCUT2D eigenvalue weighted by molar-refractivity contribution is -0.117. The number of aromatic nitrogens is 2. The number of halogens is 2. The van der Waals surface area contributed by atoms with Crippen LogP contribution in [-0.2, 0) is 10.2 Å². The molecule has 0 radical (unpaired) electrons. The molecule has 2 amide bonds. The second-order valence-corrected chi connectivity index (χ2v) is 8.29. The van der Waals surface area contributed by atoms with Crippen molar-refractivity contribution in [2.24, 2.45) is 0 Å². The van der Waals surface area contributed by atoms with Gasteiger partial charge in [0.15, 0.2) is 11.6 Å². The number of anilines is 1. The van der Waals surface area contributed by atoms with Crippen LogP contribution in [0.2, 0.25) is 0 Å². The fourth-order valence-electron chi connectivity index (χ4n) is 3.93. The molecule has 8 heteroatoms. The number of fused-ring (bicyclic) bond motifs is 3. The van der Waals surface area contributed by atoms with Crippen LogP contribution >= 0.6 is 15.9 Å². The van der Waals surface area contributed by atoms with E-state index < -0.39 is 11.7 Å². The molecule has 1 aromatic carbocycles.